The lowest BCUT2D eigenvalue weighted by molar-refractivity contribution is -0.137. The van der Waals surface area contributed by atoms with Crippen LogP contribution < -0.4 is 10.2 Å². The fourth-order valence-electron chi connectivity index (χ4n) is 4.32. The number of benzene rings is 2. The third-order valence-corrected chi connectivity index (χ3v) is 6.13. The Morgan fingerprint density at radius 2 is 1.65 bits per heavy atom. The highest BCUT2D eigenvalue weighted by molar-refractivity contribution is 6.36. The Hall–Kier alpha value is -3.93. The topological polar surface area (TPSA) is 65.5 Å². The molecule has 174 valence electrons. The lowest BCUT2D eigenvalue weighted by atomic mass is 9.97. The van der Waals surface area contributed by atoms with Crippen LogP contribution in [0.3, 0.4) is 0 Å². The lowest BCUT2D eigenvalue weighted by Crippen LogP contribution is -2.32. The fourth-order valence-corrected chi connectivity index (χ4v) is 4.32. The molecule has 3 aromatic rings. The van der Waals surface area contributed by atoms with Gasteiger partial charge in [-0.25, -0.2) is 0 Å². The summed E-state index contributed by atoms with van der Waals surface area (Å²) in [6.45, 7) is 10.2. The molecule has 2 amide bonds. The number of amides is 2. The van der Waals surface area contributed by atoms with Gasteiger partial charge in [-0.1, -0.05) is 29.8 Å². The number of nitrogens with one attached hydrogen (secondary N) is 1. The zero-order chi connectivity index (χ0) is 24.2. The van der Waals surface area contributed by atoms with E-state index < -0.39 is 0 Å². The molecule has 0 spiro atoms. The van der Waals surface area contributed by atoms with Crippen molar-refractivity contribution >= 4 is 28.8 Å². The van der Waals surface area contributed by atoms with Gasteiger partial charge >= 0.3 is 0 Å². The molecule has 1 aromatic heterocycles. The van der Waals surface area contributed by atoms with E-state index in [1.165, 1.54) is 4.90 Å². The molecule has 0 saturated heterocycles. The first-order valence-corrected chi connectivity index (χ1v) is 11.6. The first-order chi connectivity index (χ1) is 16.4. The SMILES string of the molecule is CCN(CC)c1ccc(NC2=C(c3ccc(C)cc3C)C(=O)N(Cc3ccccn3)C2=O)cc1. The number of carbonyl (C=O) groups excluding carboxylic acids is 2. The van der Waals surface area contributed by atoms with Gasteiger partial charge in [-0.05, 0) is 75.2 Å². The molecule has 1 aliphatic heterocycles. The summed E-state index contributed by atoms with van der Waals surface area (Å²) in [6, 6.07) is 19.3. The van der Waals surface area contributed by atoms with Crippen molar-refractivity contribution in [1.29, 1.82) is 0 Å². The largest absolute Gasteiger partial charge is 0.372 e. The average molecular weight is 455 g/mol. The third-order valence-electron chi connectivity index (χ3n) is 6.13. The van der Waals surface area contributed by atoms with Gasteiger partial charge in [0, 0.05) is 30.7 Å². The zero-order valence-corrected chi connectivity index (χ0v) is 20.1. The molecule has 6 heteroatoms. The van der Waals surface area contributed by atoms with E-state index in [0.29, 0.717) is 17.0 Å². The van der Waals surface area contributed by atoms with E-state index in [4.69, 9.17) is 0 Å². The van der Waals surface area contributed by atoms with Crippen molar-refractivity contribution < 1.29 is 9.59 Å². The molecule has 34 heavy (non-hydrogen) atoms. The number of hydrogen-bond acceptors (Lipinski definition) is 5. The Kier molecular flexibility index (Phi) is 6.77. The van der Waals surface area contributed by atoms with Gasteiger partial charge in [0.2, 0.25) is 0 Å². The summed E-state index contributed by atoms with van der Waals surface area (Å²) in [7, 11) is 0. The van der Waals surface area contributed by atoms with Crippen LogP contribution in [-0.4, -0.2) is 34.8 Å². The normalized spacial score (nSPS) is 13.6. The minimum absolute atomic E-state index is 0.124. The molecule has 0 aliphatic carbocycles. The molecule has 0 radical (unpaired) electrons. The summed E-state index contributed by atoms with van der Waals surface area (Å²) >= 11 is 0. The molecule has 0 atom stereocenters. The Labute approximate surface area is 200 Å². The molecule has 1 N–H and O–H groups in total. The number of rotatable bonds is 8. The number of hydrogen-bond donors (Lipinski definition) is 1. The number of aryl methyl sites for hydroxylation is 2. The Bertz CT molecular complexity index is 1230. The van der Waals surface area contributed by atoms with Crippen molar-refractivity contribution in [3.8, 4) is 0 Å². The maximum Gasteiger partial charge on any atom is 0.278 e. The standard InChI is InChI=1S/C28H30N4O2/c1-5-31(6-2)23-13-11-21(12-14-23)30-26-25(24-15-10-19(3)17-20(24)4)27(33)32(28(26)34)18-22-9-7-8-16-29-22/h7-17,30H,5-6,18H2,1-4H3. The number of nitrogens with zero attached hydrogens (tertiary/aromatic N) is 3. The van der Waals surface area contributed by atoms with Gasteiger partial charge in [0.05, 0.1) is 17.8 Å². The number of anilines is 2. The van der Waals surface area contributed by atoms with Crippen LogP contribution in [0, 0.1) is 13.8 Å². The number of aromatic nitrogens is 1. The zero-order valence-electron chi connectivity index (χ0n) is 20.1. The van der Waals surface area contributed by atoms with Crippen LogP contribution in [0.5, 0.6) is 0 Å². The van der Waals surface area contributed by atoms with Crippen molar-refractivity contribution in [3.63, 3.8) is 0 Å². The highest BCUT2D eigenvalue weighted by Gasteiger charge is 2.39. The van der Waals surface area contributed by atoms with Crippen molar-refractivity contribution in [3.05, 3.63) is 94.9 Å². The van der Waals surface area contributed by atoms with Gasteiger partial charge < -0.3 is 10.2 Å². The molecule has 0 bridgehead atoms. The summed E-state index contributed by atoms with van der Waals surface area (Å²) in [5.74, 6) is -0.664. The second-order valence-corrected chi connectivity index (χ2v) is 8.43. The highest BCUT2D eigenvalue weighted by atomic mass is 16.2. The first-order valence-electron chi connectivity index (χ1n) is 11.6. The van der Waals surface area contributed by atoms with Crippen LogP contribution in [0.25, 0.3) is 5.57 Å². The van der Waals surface area contributed by atoms with Crippen LogP contribution in [-0.2, 0) is 16.1 Å². The van der Waals surface area contributed by atoms with Crippen LogP contribution in [0.2, 0.25) is 0 Å². The molecule has 6 nitrogen and oxygen atoms in total. The predicted octanol–water partition coefficient (Wildman–Crippen LogP) is 4.94. The molecule has 0 unspecified atom stereocenters. The van der Waals surface area contributed by atoms with Crippen molar-refractivity contribution in [2.75, 3.05) is 23.3 Å². The van der Waals surface area contributed by atoms with E-state index in [2.05, 4.69) is 29.0 Å². The number of imide groups is 1. The summed E-state index contributed by atoms with van der Waals surface area (Å²) in [5, 5.41) is 3.26. The van der Waals surface area contributed by atoms with Gasteiger partial charge in [-0.2, -0.15) is 0 Å². The van der Waals surface area contributed by atoms with Crippen molar-refractivity contribution in [2.24, 2.45) is 0 Å². The fraction of sp³-hybridized carbons (Fsp3) is 0.250. The summed E-state index contributed by atoms with van der Waals surface area (Å²) in [4.78, 5) is 34.9. The molecular formula is C28H30N4O2. The van der Waals surface area contributed by atoms with Crippen LogP contribution in [0.15, 0.2) is 72.6 Å². The number of carbonyl (C=O) groups is 2. The Morgan fingerprint density at radius 3 is 2.26 bits per heavy atom. The molecule has 0 fully saturated rings. The van der Waals surface area contributed by atoms with Gasteiger partial charge in [-0.3, -0.25) is 19.5 Å². The van der Waals surface area contributed by atoms with Gasteiger partial charge in [-0.15, -0.1) is 0 Å². The van der Waals surface area contributed by atoms with Crippen molar-refractivity contribution in [1.82, 2.24) is 9.88 Å². The quantitative estimate of drug-likeness (QED) is 0.489. The first kappa shape index (κ1) is 23.2. The highest BCUT2D eigenvalue weighted by Crippen LogP contribution is 2.33. The Morgan fingerprint density at radius 1 is 0.912 bits per heavy atom. The van der Waals surface area contributed by atoms with Gasteiger partial charge in [0.15, 0.2) is 0 Å². The maximum atomic E-state index is 13.6. The minimum Gasteiger partial charge on any atom is -0.372 e. The van der Waals surface area contributed by atoms with Crippen molar-refractivity contribution in [2.45, 2.75) is 34.2 Å². The van der Waals surface area contributed by atoms with E-state index >= 15 is 0 Å². The second-order valence-electron chi connectivity index (χ2n) is 8.43. The summed E-state index contributed by atoms with van der Waals surface area (Å²) < 4.78 is 0. The molecule has 2 aromatic carbocycles. The van der Waals surface area contributed by atoms with E-state index in [1.54, 1.807) is 6.20 Å². The predicted molar refractivity (Wildman–Crippen MR) is 136 cm³/mol. The molecule has 1 aliphatic rings. The van der Waals surface area contributed by atoms with E-state index in [0.717, 1.165) is 41.2 Å². The van der Waals surface area contributed by atoms with Crippen LogP contribution >= 0.6 is 0 Å². The average Bonchev–Trinajstić information content (AvgIpc) is 3.06. The Balaban J connectivity index is 1.72. The molecule has 4 rings (SSSR count). The summed E-state index contributed by atoms with van der Waals surface area (Å²) in [6.07, 6.45) is 1.66. The summed E-state index contributed by atoms with van der Waals surface area (Å²) in [5.41, 5.74) is 6.04. The van der Waals surface area contributed by atoms with Crippen LogP contribution in [0.1, 0.15) is 36.2 Å². The van der Waals surface area contributed by atoms with E-state index in [-0.39, 0.29) is 18.4 Å². The third kappa shape index (κ3) is 4.57. The smallest absolute Gasteiger partial charge is 0.278 e. The second kappa shape index (κ2) is 9.91. The molecule has 0 saturated carbocycles. The van der Waals surface area contributed by atoms with E-state index in [1.807, 2.05) is 74.5 Å². The van der Waals surface area contributed by atoms with E-state index in [9.17, 15) is 9.59 Å². The van der Waals surface area contributed by atoms with Gasteiger partial charge in [0.25, 0.3) is 11.8 Å². The van der Waals surface area contributed by atoms with Gasteiger partial charge in [0.1, 0.15) is 5.70 Å². The molecular weight excluding hydrogens is 424 g/mol. The minimum atomic E-state index is -0.349. The van der Waals surface area contributed by atoms with Crippen LogP contribution in [0.4, 0.5) is 11.4 Å². The lowest BCUT2D eigenvalue weighted by Gasteiger charge is -2.21. The monoisotopic (exact) mass is 454 g/mol. The number of pyridine rings is 1. The maximum absolute atomic E-state index is 13.6. The molecule has 2 heterocycles.